The first-order valence-electron chi connectivity index (χ1n) is 2.50. The fraction of sp³-hybridized carbons (Fsp3) is 0.500. The average Bonchev–Trinajstić information content (AvgIpc) is 1.65. The third kappa shape index (κ3) is 1.54. The zero-order valence-electron chi connectivity index (χ0n) is 5.51. The van der Waals surface area contributed by atoms with Crippen LogP contribution in [-0.4, -0.2) is 21.8 Å². The Hall–Kier alpha value is -0.830. The second-order valence-corrected chi connectivity index (χ2v) is 2.16. The molecule has 0 aliphatic rings. The molecule has 0 rings (SSSR count). The van der Waals surface area contributed by atoms with Gasteiger partial charge < -0.3 is 10.2 Å². The van der Waals surface area contributed by atoms with Gasteiger partial charge >= 0.3 is 5.97 Å². The predicted octanol–water partition coefficient (Wildman–Crippen LogP) is 0.398. The van der Waals surface area contributed by atoms with E-state index >= 15 is 0 Å². The molecule has 0 saturated carbocycles. The number of carboxylic acids is 1. The molecule has 1 unspecified atom stereocenters. The van der Waals surface area contributed by atoms with Crippen molar-refractivity contribution in [3.05, 3.63) is 12.2 Å². The summed E-state index contributed by atoms with van der Waals surface area (Å²) in [6.07, 6.45) is 0. The van der Waals surface area contributed by atoms with Crippen molar-refractivity contribution in [1.29, 1.82) is 0 Å². The quantitative estimate of drug-likeness (QED) is 0.532. The number of carbonyl (C=O) groups is 1. The number of hydrogen-bond acceptors (Lipinski definition) is 2. The van der Waals surface area contributed by atoms with Crippen LogP contribution in [0, 0.1) is 0 Å². The molecule has 0 aliphatic heterocycles. The van der Waals surface area contributed by atoms with Gasteiger partial charge in [-0.1, -0.05) is 6.58 Å². The van der Waals surface area contributed by atoms with Gasteiger partial charge in [0, 0.05) is 0 Å². The van der Waals surface area contributed by atoms with Crippen LogP contribution in [0.2, 0.25) is 0 Å². The van der Waals surface area contributed by atoms with Crippen molar-refractivity contribution >= 4 is 5.97 Å². The van der Waals surface area contributed by atoms with Gasteiger partial charge in [-0.15, -0.1) is 0 Å². The Labute approximate surface area is 53.6 Å². The van der Waals surface area contributed by atoms with E-state index in [2.05, 4.69) is 6.58 Å². The average molecular weight is 130 g/mol. The number of rotatable bonds is 2. The van der Waals surface area contributed by atoms with E-state index in [1.165, 1.54) is 13.8 Å². The standard InChI is InChI=1S/C6H10O3/c1-4(2)6(3,9)5(7)8/h9H,1H2,2-3H3,(H,7,8). The summed E-state index contributed by atoms with van der Waals surface area (Å²) in [6.45, 7) is 5.98. The maximum atomic E-state index is 10.2. The molecule has 0 saturated heterocycles. The highest BCUT2D eigenvalue weighted by Crippen LogP contribution is 2.12. The van der Waals surface area contributed by atoms with Crippen LogP contribution in [0.1, 0.15) is 13.8 Å². The lowest BCUT2D eigenvalue weighted by molar-refractivity contribution is -0.152. The van der Waals surface area contributed by atoms with E-state index in [4.69, 9.17) is 10.2 Å². The molecule has 3 nitrogen and oxygen atoms in total. The molecule has 0 amide bonds. The van der Waals surface area contributed by atoms with Gasteiger partial charge in [0.15, 0.2) is 5.60 Å². The number of carboxylic acid groups (broad SMARTS) is 1. The highest BCUT2D eigenvalue weighted by Gasteiger charge is 2.30. The fourth-order valence-electron chi connectivity index (χ4n) is 0.183. The van der Waals surface area contributed by atoms with Crippen molar-refractivity contribution in [1.82, 2.24) is 0 Å². The summed E-state index contributed by atoms with van der Waals surface area (Å²) in [5.74, 6) is -1.27. The Bertz CT molecular complexity index is 130. The normalized spacial score (nSPS) is 16.3. The van der Waals surface area contributed by atoms with Crippen LogP contribution in [0.4, 0.5) is 0 Å². The highest BCUT2D eigenvalue weighted by atomic mass is 16.4. The van der Waals surface area contributed by atoms with E-state index < -0.39 is 11.6 Å². The molecule has 0 aliphatic carbocycles. The van der Waals surface area contributed by atoms with Crippen LogP contribution in [0.15, 0.2) is 12.2 Å². The van der Waals surface area contributed by atoms with Gasteiger partial charge in [0.25, 0.3) is 0 Å². The maximum Gasteiger partial charge on any atom is 0.339 e. The summed E-state index contributed by atoms with van der Waals surface area (Å²) in [6, 6.07) is 0. The Morgan fingerprint density at radius 2 is 2.00 bits per heavy atom. The molecule has 3 heteroatoms. The molecule has 52 valence electrons. The molecule has 0 aromatic carbocycles. The van der Waals surface area contributed by atoms with Crippen LogP contribution >= 0.6 is 0 Å². The van der Waals surface area contributed by atoms with E-state index in [1.807, 2.05) is 0 Å². The number of hydrogen-bond donors (Lipinski definition) is 2. The third-order valence-corrected chi connectivity index (χ3v) is 1.25. The van der Waals surface area contributed by atoms with Crippen LogP contribution < -0.4 is 0 Å². The van der Waals surface area contributed by atoms with Gasteiger partial charge in [-0.05, 0) is 19.4 Å². The second-order valence-electron chi connectivity index (χ2n) is 2.16. The molecule has 0 fully saturated rings. The Morgan fingerprint density at radius 1 is 1.67 bits per heavy atom. The first-order chi connectivity index (χ1) is 3.89. The molecule has 1 atom stereocenters. The van der Waals surface area contributed by atoms with Gasteiger partial charge in [-0.25, -0.2) is 4.79 Å². The van der Waals surface area contributed by atoms with E-state index in [-0.39, 0.29) is 5.57 Å². The van der Waals surface area contributed by atoms with Crippen LogP contribution in [0.25, 0.3) is 0 Å². The Morgan fingerprint density at radius 3 is 2.00 bits per heavy atom. The zero-order valence-corrected chi connectivity index (χ0v) is 5.51. The van der Waals surface area contributed by atoms with Gasteiger partial charge in [0.2, 0.25) is 0 Å². The lowest BCUT2D eigenvalue weighted by atomic mass is 10.00. The monoisotopic (exact) mass is 130 g/mol. The van der Waals surface area contributed by atoms with E-state index in [1.54, 1.807) is 0 Å². The topological polar surface area (TPSA) is 57.5 Å². The lowest BCUT2D eigenvalue weighted by Gasteiger charge is -2.16. The largest absolute Gasteiger partial charge is 0.479 e. The predicted molar refractivity (Wildman–Crippen MR) is 33.1 cm³/mol. The summed E-state index contributed by atoms with van der Waals surface area (Å²) >= 11 is 0. The number of aliphatic hydroxyl groups is 1. The van der Waals surface area contributed by atoms with E-state index in [0.29, 0.717) is 0 Å². The molecule has 0 aromatic heterocycles. The van der Waals surface area contributed by atoms with Crippen molar-refractivity contribution in [2.45, 2.75) is 19.4 Å². The van der Waals surface area contributed by atoms with Crippen molar-refractivity contribution in [2.24, 2.45) is 0 Å². The Balaban J connectivity index is 4.38. The summed E-state index contributed by atoms with van der Waals surface area (Å²) in [5, 5.41) is 17.3. The smallest absolute Gasteiger partial charge is 0.339 e. The van der Waals surface area contributed by atoms with Crippen molar-refractivity contribution in [3.8, 4) is 0 Å². The fourth-order valence-corrected chi connectivity index (χ4v) is 0.183. The summed E-state index contributed by atoms with van der Waals surface area (Å²) in [7, 11) is 0. The summed E-state index contributed by atoms with van der Waals surface area (Å²) < 4.78 is 0. The molecule has 0 bridgehead atoms. The summed E-state index contributed by atoms with van der Waals surface area (Å²) in [4.78, 5) is 10.2. The summed E-state index contributed by atoms with van der Waals surface area (Å²) in [5.41, 5.74) is -1.55. The first-order valence-corrected chi connectivity index (χ1v) is 2.50. The highest BCUT2D eigenvalue weighted by molar-refractivity contribution is 5.80. The minimum Gasteiger partial charge on any atom is -0.479 e. The van der Waals surface area contributed by atoms with Crippen LogP contribution in [0.3, 0.4) is 0 Å². The van der Waals surface area contributed by atoms with Crippen LogP contribution in [0.5, 0.6) is 0 Å². The van der Waals surface area contributed by atoms with Gasteiger partial charge in [-0.3, -0.25) is 0 Å². The number of aliphatic carboxylic acids is 1. The molecule has 0 radical (unpaired) electrons. The maximum absolute atomic E-state index is 10.2. The van der Waals surface area contributed by atoms with Gasteiger partial charge in [-0.2, -0.15) is 0 Å². The second kappa shape index (κ2) is 2.19. The lowest BCUT2D eigenvalue weighted by Crippen LogP contribution is -2.35. The van der Waals surface area contributed by atoms with Crippen LogP contribution in [-0.2, 0) is 4.79 Å². The zero-order chi connectivity index (χ0) is 7.65. The van der Waals surface area contributed by atoms with Crippen molar-refractivity contribution in [2.75, 3.05) is 0 Å². The SMILES string of the molecule is C=C(C)C(C)(O)C(=O)O. The molecule has 0 aromatic rings. The third-order valence-electron chi connectivity index (χ3n) is 1.25. The Kier molecular flexibility index (Phi) is 1.99. The molecule has 0 heterocycles. The molecule has 0 spiro atoms. The first kappa shape index (κ1) is 8.17. The molecular weight excluding hydrogens is 120 g/mol. The minimum absolute atomic E-state index is 0.231. The van der Waals surface area contributed by atoms with Crippen molar-refractivity contribution in [3.63, 3.8) is 0 Å². The minimum atomic E-state index is -1.78. The van der Waals surface area contributed by atoms with E-state index in [9.17, 15) is 4.79 Å². The molecule has 2 N–H and O–H groups in total. The van der Waals surface area contributed by atoms with Crippen molar-refractivity contribution < 1.29 is 15.0 Å². The van der Waals surface area contributed by atoms with Gasteiger partial charge in [0.1, 0.15) is 0 Å². The van der Waals surface area contributed by atoms with Gasteiger partial charge in [0.05, 0.1) is 0 Å². The van der Waals surface area contributed by atoms with E-state index in [0.717, 1.165) is 0 Å². The molecule has 9 heavy (non-hydrogen) atoms. The molecular formula is C6H10O3.